The van der Waals surface area contributed by atoms with Crippen molar-refractivity contribution in [1.29, 1.82) is 0 Å². The molecule has 0 amide bonds. The van der Waals surface area contributed by atoms with Gasteiger partial charge in [0.2, 0.25) is 0 Å². The molecule has 0 bridgehead atoms. The highest BCUT2D eigenvalue weighted by Crippen LogP contribution is 2.15. The van der Waals surface area contributed by atoms with Gasteiger partial charge in [-0.2, -0.15) is 0 Å². The van der Waals surface area contributed by atoms with E-state index in [-0.39, 0.29) is 5.69 Å². The maximum absolute atomic E-state index is 10.6. The van der Waals surface area contributed by atoms with Crippen molar-refractivity contribution in [3.8, 4) is 0 Å². The number of carbonyl (C=O) groups is 1. The molecule has 2 aromatic rings. The van der Waals surface area contributed by atoms with Crippen LogP contribution in [0.25, 0.3) is 0 Å². The number of anilines is 1. The van der Waals surface area contributed by atoms with E-state index in [1.165, 1.54) is 16.7 Å². The van der Waals surface area contributed by atoms with E-state index in [0.29, 0.717) is 11.7 Å². The van der Waals surface area contributed by atoms with E-state index >= 15 is 0 Å². The average Bonchev–Trinajstić information content (AvgIpc) is 2.88. The minimum Gasteiger partial charge on any atom is -0.476 e. The lowest BCUT2D eigenvalue weighted by molar-refractivity contribution is 0.0691. The zero-order valence-electron chi connectivity index (χ0n) is 9.14. The van der Waals surface area contributed by atoms with Gasteiger partial charge in [0.1, 0.15) is 0 Å². The fraction of sp³-hybridized carbons (Fsp3) is 0.300. The molecule has 2 N–H and O–H groups in total. The van der Waals surface area contributed by atoms with Gasteiger partial charge in [-0.25, -0.2) is 14.8 Å². The molecule has 0 unspecified atom stereocenters. The standard InChI is InChI=1S/C10H11N3O2S2/c1-6-12-7(4-16-6)2-3-11-10-13-8(5-17-10)9(14)15/h4-5H,2-3H2,1H3,(H,11,13)(H,14,15). The molecule has 0 fully saturated rings. The summed E-state index contributed by atoms with van der Waals surface area (Å²) < 4.78 is 0. The van der Waals surface area contributed by atoms with Crippen molar-refractivity contribution in [3.05, 3.63) is 27.2 Å². The molecule has 7 heteroatoms. The predicted octanol–water partition coefficient (Wildman–Crippen LogP) is 2.26. The number of nitrogens with zero attached hydrogens (tertiary/aromatic N) is 2. The maximum atomic E-state index is 10.6. The molecule has 0 aliphatic carbocycles. The predicted molar refractivity (Wildman–Crippen MR) is 68.1 cm³/mol. The third kappa shape index (κ3) is 3.24. The van der Waals surface area contributed by atoms with E-state index in [1.54, 1.807) is 11.3 Å². The van der Waals surface area contributed by atoms with Crippen molar-refractivity contribution in [2.24, 2.45) is 0 Å². The quantitative estimate of drug-likeness (QED) is 0.870. The zero-order chi connectivity index (χ0) is 12.3. The third-order valence-electron chi connectivity index (χ3n) is 2.05. The molecule has 2 aromatic heterocycles. The van der Waals surface area contributed by atoms with E-state index in [1.807, 2.05) is 12.3 Å². The summed E-state index contributed by atoms with van der Waals surface area (Å²) in [6, 6.07) is 0. The number of aromatic nitrogens is 2. The molecule has 0 saturated carbocycles. The molecular weight excluding hydrogens is 258 g/mol. The lowest BCUT2D eigenvalue weighted by Gasteiger charge is -1.99. The van der Waals surface area contributed by atoms with E-state index in [9.17, 15) is 4.79 Å². The molecule has 0 aliphatic heterocycles. The van der Waals surface area contributed by atoms with Crippen LogP contribution >= 0.6 is 22.7 Å². The second-order valence-electron chi connectivity index (χ2n) is 3.38. The summed E-state index contributed by atoms with van der Waals surface area (Å²) in [5, 5.41) is 17.0. The average molecular weight is 269 g/mol. The molecule has 0 radical (unpaired) electrons. The number of hydrogen-bond donors (Lipinski definition) is 2. The minimum absolute atomic E-state index is 0.0852. The first-order valence-electron chi connectivity index (χ1n) is 4.99. The van der Waals surface area contributed by atoms with Crippen molar-refractivity contribution in [2.45, 2.75) is 13.3 Å². The molecule has 17 heavy (non-hydrogen) atoms. The number of rotatable bonds is 5. The molecule has 2 rings (SSSR count). The first-order chi connectivity index (χ1) is 8.15. The van der Waals surface area contributed by atoms with Gasteiger partial charge in [-0.05, 0) is 6.92 Å². The summed E-state index contributed by atoms with van der Waals surface area (Å²) in [6.45, 7) is 2.68. The first kappa shape index (κ1) is 12.0. The number of aromatic carboxylic acids is 1. The highest BCUT2D eigenvalue weighted by molar-refractivity contribution is 7.13. The Morgan fingerprint density at radius 1 is 1.41 bits per heavy atom. The Balaban J connectivity index is 1.83. The van der Waals surface area contributed by atoms with Crippen molar-refractivity contribution in [3.63, 3.8) is 0 Å². The number of nitrogens with one attached hydrogen (secondary N) is 1. The fourth-order valence-corrected chi connectivity index (χ4v) is 2.63. The van der Waals surface area contributed by atoms with Gasteiger partial charge < -0.3 is 10.4 Å². The fourth-order valence-electron chi connectivity index (χ4n) is 1.27. The van der Waals surface area contributed by atoms with Gasteiger partial charge >= 0.3 is 5.97 Å². The zero-order valence-corrected chi connectivity index (χ0v) is 10.8. The molecule has 0 saturated heterocycles. The number of thiazole rings is 2. The van der Waals surface area contributed by atoms with Crippen LogP contribution in [-0.4, -0.2) is 27.6 Å². The van der Waals surface area contributed by atoms with Crippen LogP contribution < -0.4 is 5.32 Å². The van der Waals surface area contributed by atoms with Crippen LogP contribution in [0.5, 0.6) is 0 Å². The van der Waals surface area contributed by atoms with Crippen LogP contribution in [0.3, 0.4) is 0 Å². The summed E-state index contributed by atoms with van der Waals surface area (Å²) >= 11 is 2.93. The minimum atomic E-state index is -0.996. The van der Waals surface area contributed by atoms with E-state index < -0.39 is 5.97 Å². The smallest absolute Gasteiger partial charge is 0.355 e. The summed E-state index contributed by atoms with van der Waals surface area (Å²) in [5.41, 5.74) is 1.14. The Bertz CT molecular complexity index is 521. The van der Waals surface area contributed by atoms with Crippen LogP contribution in [0.2, 0.25) is 0 Å². The molecule has 5 nitrogen and oxygen atoms in total. The lowest BCUT2D eigenvalue weighted by Crippen LogP contribution is -2.05. The number of aryl methyl sites for hydroxylation is 1. The summed E-state index contributed by atoms with van der Waals surface area (Å²) in [5.74, 6) is -0.996. The van der Waals surface area contributed by atoms with Gasteiger partial charge in [0.25, 0.3) is 0 Å². The molecular formula is C10H11N3O2S2. The Morgan fingerprint density at radius 2 is 2.24 bits per heavy atom. The van der Waals surface area contributed by atoms with Crippen molar-refractivity contribution >= 4 is 33.8 Å². The molecule has 0 aromatic carbocycles. The normalized spacial score (nSPS) is 10.4. The molecule has 0 atom stereocenters. The molecule has 90 valence electrons. The number of hydrogen-bond acceptors (Lipinski definition) is 6. The monoisotopic (exact) mass is 269 g/mol. The Kier molecular flexibility index (Phi) is 3.70. The Labute approximate surface area is 106 Å². The topological polar surface area (TPSA) is 75.1 Å². The van der Waals surface area contributed by atoms with Crippen LogP contribution in [0.1, 0.15) is 21.2 Å². The van der Waals surface area contributed by atoms with E-state index in [4.69, 9.17) is 5.11 Å². The lowest BCUT2D eigenvalue weighted by atomic mass is 10.3. The number of carboxylic acids is 1. The van der Waals surface area contributed by atoms with E-state index in [2.05, 4.69) is 15.3 Å². The second kappa shape index (κ2) is 5.24. The van der Waals surface area contributed by atoms with Gasteiger partial charge in [0.05, 0.1) is 10.7 Å². The highest BCUT2D eigenvalue weighted by atomic mass is 32.1. The van der Waals surface area contributed by atoms with Crippen molar-refractivity contribution in [2.75, 3.05) is 11.9 Å². The second-order valence-corrected chi connectivity index (χ2v) is 5.30. The van der Waals surface area contributed by atoms with Gasteiger partial charge in [0.15, 0.2) is 10.8 Å². The van der Waals surface area contributed by atoms with Crippen molar-refractivity contribution in [1.82, 2.24) is 9.97 Å². The SMILES string of the molecule is Cc1nc(CCNc2nc(C(=O)O)cs2)cs1. The third-order valence-corrected chi connectivity index (χ3v) is 3.67. The summed E-state index contributed by atoms with van der Waals surface area (Å²) in [6.07, 6.45) is 0.812. The maximum Gasteiger partial charge on any atom is 0.355 e. The van der Waals surface area contributed by atoms with Crippen molar-refractivity contribution < 1.29 is 9.90 Å². The Morgan fingerprint density at radius 3 is 2.82 bits per heavy atom. The first-order valence-corrected chi connectivity index (χ1v) is 6.75. The highest BCUT2D eigenvalue weighted by Gasteiger charge is 2.08. The molecule has 0 spiro atoms. The van der Waals surface area contributed by atoms with Gasteiger partial charge in [-0.3, -0.25) is 0 Å². The summed E-state index contributed by atoms with van der Waals surface area (Å²) in [4.78, 5) is 18.9. The van der Waals surface area contributed by atoms with E-state index in [0.717, 1.165) is 17.1 Å². The largest absolute Gasteiger partial charge is 0.476 e. The van der Waals surface area contributed by atoms with Gasteiger partial charge in [-0.1, -0.05) is 0 Å². The van der Waals surface area contributed by atoms with Crippen LogP contribution in [-0.2, 0) is 6.42 Å². The van der Waals surface area contributed by atoms with Gasteiger partial charge in [0, 0.05) is 23.7 Å². The van der Waals surface area contributed by atoms with Crippen LogP contribution in [0.15, 0.2) is 10.8 Å². The molecule has 2 heterocycles. The number of carboxylic acid groups (broad SMARTS) is 1. The van der Waals surface area contributed by atoms with Crippen LogP contribution in [0.4, 0.5) is 5.13 Å². The van der Waals surface area contributed by atoms with Crippen LogP contribution in [0, 0.1) is 6.92 Å². The Hall–Kier alpha value is -1.47. The molecule has 0 aliphatic rings. The summed E-state index contributed by atoms with van der Waals surface area (Å²) in [7, 11) is 0. The van der Waals surface area contributed by atoms with Gasteiger partial charge in [-0.15, -0.1) is 22.7 Å².